The average molecular weight is 571 g/mol. The normalized spacial score (nSPS) is 19.4. The molecule has 0 amide bonds. The molecule has 224 valence electrons. The SMILES string of the molecule is CN1CCN(C2CCN(c3ccc(N)cc3CC(C)(O)c3cccc(-n4c(C(C)(C)C)cc5cn[nH]c54)n3)CC2)CC1. The van der Waals surface area contributed by atoms with Gasteiger partial charge >= 0.3 is 0 Å². The van der Waals surface area contributed by atoms with Crippen LogP contribution in [-0.4, -0.2) is 87.0 Å². The molecule has 3 aromatic heterocycles. The maximum absolute atomic E-state index is 11.9. The third kappa shape index (κ3) is 5.65. The maximum atomic E-state index is 11.9. The van der Waals surface area contributed by atoms with Gasteiger partial charge in [-0.2, -0.15) is 5.10 Å². The first kappa shape index (κ1) is 28.7. The van der Waals surface area contributed by atoms with Crippen LogP contribution in [0.4, 0.5) is 11.4 Å². The largest absolute Gasteiger partial charge is 0.399 e. The average Bonchev–Trinajstić information content (AvgIpc) is 3.56. The van der Waals surface area contributed by atoms with Gasteiger partial charge in [0, 0.05) is 79.6 Å². The third-order valence-electron chi connectivity index (χ3n) is 9.19. The third-order valence-corrected chi connectivity index (χ3v) is 9.19. The van der Waals surface area contributed by atoms with Gasteiger partial charge in [-0.25, -0.2) is 4.98 Å². The van der Waals surface area contributed by atoms with Gasteiger partial charge in [-0.05, 0) is 68.8 Å². The molecule has 0 aliphatic carbocycles. The zero-order valence-electron chi connectivity index (χ0n) is 25.8. The van der Waals surface area contributed by atoms with Crippen LogP contribution in [-0.2, 0) is 17.4 Å². The smallest absolute Gasteiger partial charge is 0.141 e. The Kier molecular flexibility index (Phi) is 7.53. The Morgan fingerprint density at radius 1 is 0.976 bits per heavy atom. The van der Waals surface area contributed by atoms with Crippen molar-refractivity contribution in [2.75, 3.05) is 56.9 Å². The van der Waals surface area contributed by atoms with Crippen molar-refractivity contribution in [2.45, 2.75) is 64.0 Å². The van der Waals surface area contributed by atoms with E-state index in [9.17, 15) is 5.11 Å². The first-order chi connectivity index (χ1) is 20.0. The number of nitrogens with zero attached hydrogens (tertiary/aromatic N) is 6. The van der Waals surface area contributed by atoms with Gasteiger partial charge in [0.2, 0.25) is 0 Å². The highest BCUT2D eigenvalue weighted by atomic mass is 16.3. The molecule has 42 heavy (non-hydrogen) atoms. The second-order valence-electron chi connectivity index (χ2n) is 13.6. The number of pyridine rings is 1. The molecule has 0 bridgehead atoms. The highest BCUT2D eigenvalue weighted by Gasteiger charge is 2.31. The molecule has 1 aromatic carbocycles. The van der Waals surface area contributed by atoms with E-state index >= 15 is 0 Å². The van der Waals surface area contributed by atoms with Gasteiger partial charge in [0.15, 0.2) is 0 Å². The second-order valence-corrected chi connectivity index (χ2v) is 13.6. The van der Waals surface area contributed by atoms with Gasteiger partial charge in [-0.3, -0.25) is 14.6 Å². The summed E-state index contributed by atoms with van der Waals surface area (Å²) in [6.07, 6.45) is 4.57. The molecule has 0 saturated carbocycles. The summed E-state index contributed by atoms with van der Waals surface area (Å²) in [4.78, 5) is 12.6. The van der Waals surface area contributed by atoms with Crippen molar-refractivity contribution in [3.8, 4) is 5.82 Å². The van der Waals surface area contributed by atoms with E-state index in [1.54, 1.807) is 0 Å². The van der Waals surface area contributed by atoms with E-state index < -0.39 is 5.60 Å². The van der Waals surface area contributed by atoms with Crippen molar-refractivity contribution < 1.29 is 5.11 Å². The molecule has 2 aliphatic heterocycles. The number of likely N-dealkylation sites (N-methyl/N-ethyl adjacent to an activating group) is 1. The van der Waals surface area contributed by atoms with Crippen LogP contribution in [0.3, 0.4) is 0 Å². The fraction of sp³-hybridized carbons (Fsp3) is 0.515. The number of nitrogen functional groups attached to an aromatic ring is 1. The van der Waals surface area contributed by atoms with Crippen molar-refractivity contribution >= 4 is 22.4 Å². The number of piperidine rings is 1. The lowest BCUT2D eigenvalue weighted by Gasteiger charge is -2.43. The van der Waals surface area contributed by atoms with Crippen LogP contribution in [0, 0.1) is 0 Å². The van der Waals surface area contributed by atoms with E-state index in [1.807, 2.05) is 43.5 Å². The number of nitrogens with two attached hydrogens (primary N) is 1. The number of aromatic nitrogens is 4. The molecule has 2 aliphatic rings. The number of hydrogen-bond donors (Lipinski definition) is 3. The minimum atomic E-state index is -1.20. The number of anilines is 2. The van der Waals surface area contributed by atoms with Crippen molar-refractivity contribution in [1.29, 1.82) is 0 Å². The summed E-state index contributed by atoms with van der Waals surface area (Å²) < 4.78 is 2.12. The number of aliphatic hydroxyl groups is 1. The predicted molar refractivity (Wildman–Crippen MR) is 170 cm³/mol. The zero-order valence-corrected chi connectivity index (χ0v) is 25.8. The number of rotatable bonds is 6. The van der Waals surface area contributed by atoms with E-state index in [0.717, 1.165) is 85.9 Å². The van der Waals surface area contributed by atoms with E-state index in [0.29, 0.717) is 23.8 Å². The maximum Gasteiger partial charge on any atom is 0.141 e. The van der Waals surface area contributed by atoms with Gasteiger partial charge in [0.05, 0.1) is 11.9 Å². The van der Waals surface area contributed by atoms with Crippen LogP contribution >= 0.6 is 0 Å². The molecule has 4 aromatic rings. The van der Waals surface area contributed by atoms with Crippen molar-refractivity contribution in [2.24, 2.45) is 0 Å². The Balaban J connectivity index is 1.25. The summed E-state index contributed by atoms with van der Waals surface area (Å²) in [7, 11) is 2.21. The van der Waals surface area contributed by atoms with Crippen LogP contribution in [0.5, 0.6) is 0 Å². The molecule has 2 saturated heterocycles. The Morgan fingerprint density at radius 3 is 2.43 bits per heavy atom. The molecule has 9 heteroatoms. The lowest BCUT2D eigenvalue weighted by Crippen LogP contribution is -2.52. The minimum absolute atomic E-state index is 0.103. The van der Waals surface area contributed by atoms with Gasteiger partial charge in [0.1, 0.15) is 17.1 Å². The van der Waals surface area contributed by atoms with Crippen LogP contribution in [0.1, 0.15) is 57.5 Å². The summed E-state index contributed by atoms with van der Waals surface area (Å²) in [6.45, 7) is 15.1. The van der Waals surface area contributed by atoms with Gasteiger partial charge in [0.25, 0.3) is 0 Å². The standard InChI is InChI=1S/C33H46N8O/c1-32(2,3)29-20-24-22-35-37-31(24)41(29)30-8-6-7-28(36-30)33(4,42)21-23-19-25(34)9-10-27(23)40-13-11-26(12-14-40)39-17-15-38(5)16-18-39/h6-10,19-20,22,26,42H,11-18,21,34H2,1-5H3,(H,35,37). The Hall–Kier alpha value is -3.40. The molecule has 9 nitrogen and oxygen atoms in total. The van der Waals surface area contributed by atoms with Crippen molar-refractivity contribution in [1.82, 2.24) is 29.5 Å². The topological polar surface area (TPSA) is 102 Å². The second kappa shape index (κ2) is 11.0. The molecule has 0 radical (unpaired) electrons. The number of benzene rings is 1. The lowest BCUT2D eigenvalue weighted by molar-refractivity contribution is 0.0530. The monoisotopic (exact) mass is 570 g/mol. The number of aromatic amines is 1. The molecular formula is C33H46N8O. The zero-order chi connectivity index (χ0) is 29.6. The number of hydrogen-bond acceptors (Lipinski definition) is 7. The molecule has 2 fully saturated rings. The molecule has 1 atom stereocenters. The molecule has 0 spiro atoms. The van der Waals surface area contributed by atoms with E-state index in [-0.39, 0.29) is 5.41 Å². The first-order valence-electron chi connectivity index (χ1n) is 15.3. The highest BCUT2D eigenvalue weighted by molar-refractivity contribution is 5.79. The summed E-state index contributed by atoms with van der Waals surface area (Å²) >= 11 is 0. The van der Waals surface area contributed by atoms with Crippen LogP contribution in [0.2, 0.25) is 0 Å². The summed E-state index contributed by atoms with van der Waals surface area (Å²) in [6, 6.07) is 14.8. The van der Waals surface area contributed by atoms with Crippen molar-refractivity contribution in [3.05, 3.63) is 65.6 Å². The number of piperazine rings is 1. The van der Waals surface area contributed by atoms with Crippen LogP contribution in [0.25, 0.3) is 16.9 Å². The molecule has 6 rings (SSSR count). The molecule has 1 unspecified atom stereocenters. The highest BCUT2D eigenvalue weighted by Crippen LogP contribution is 2.35. The molecule has 5 heterocycles. The minimum Gasteiger partial charge on any atom is -0.399 e. The fourth-order valence-electron chi connectivity index (χ4n) is 6.72. The van der Waals surface area contributed by atoms with Crippen LogP contribution < -0.4 is 10.6 Å². The number of H-pyrrole nitrogens is 1. The van der Waals surface area contributed by atoms with Gasteiger partial charge in [-0.15, -0.1) is 0 Å². The molecular weight excluding hydrogens is 524 g/mol. The van der Waals surface area contributed by atoms with E-state index in [1.165, 1.54) is 0 Å². The van der Waals surface area contributed by atoms with E-state index in [4.69, 9.17) is 10.7 Å². The van der Waals surface area contributed by atoms with Gasteiger partial charge in [-0.1, -0.05) is 26.8 Å². The quantitative estimate of drug-likeness (QED) is 0.297. The summed E-state index contributed by atoms with van der Waals surface area (Å²) in [5, 5.41) is 20.4. The van der Waals surface area contributed by atoms with Crippen molar-refractivity contribution in [3.63, 3.8) is 0 Å². The fourth-order valence-corrected chi connectivity index (χ4v) is 6.72. The molecule has 4 N–H and O–H groups in total. The van der Waals surface area contributed by atoms with E-state index in [2.05, 4.69) is 69.4 Å². The predicted octanol–water partition coefficient (Wildman–Crippen LogP) is 4.29. The summed E-state index contributed by atoms with van der Waals surface area (Å²) in [5.41, 5.74) is 10.6. The Bertz CT molecular complexity index is 1530. The van der Waals surface area contributed by atoms with Gasteiger partial charge < -0.3 is 20.6 Å². The first-order valence-corrected chi connectivity index (χ1v) is 15.3. The Labute approximate surface area is 249 Å². The lowest BCUT2D eigenvalue weighted by atomic mass is 9.90. The summed E-state index contributed by atoms with van der Waals surface area (Å²) in [5.74, 6) is 0.760. The number of nitrogens with one attached hydrogen (secondary N) is 1. The number of fused-ring (bicyclic) bond motifs is 1. The Morgan fingerprint density at radius 2 is 1.71 bits per heavy atom. The van der Waals surface area contributed by atoms with Crippen LogP contribution in [0.15, 0.2) is 48.7 Å².